The van der Waals surface area contributed by atoms with Crippen LogP contribution in [-0.4, -0.2) is 16.1 Å². The average molecular weight is 276 g/mol. The van der Waals surface area contributed by atoms with Gasteiger partial charge in [-0.1, -0.05) is 23.7 Å². The summed E-state index contributed by atoms with van der Waals surface area (Å²) >= 11 is 5.87. The van der Waals surface area contributed by atoms with Gasteiger partial charge in [0.25, 0.3) is 0 Å². The van der Waals surface area contributed by atoms with E-state index in [9.17, 15) is 0 Å². The molecule has 19 heavy (non-hydrogen) atoms. The van der Waals surface area contributed by atoms with Crippen LogP contribution in [0.15, 0.2) is 36.8 Å². The van der Waals surface area contributed by atoms with Gasteiger partial charge in [0.1, 0.15) is 0 Å². The second-order valence-corrected chi connectivity index (χ2v) is 5.51. The van der Waals surface area contributed by atoms with Gasteiger partial charge in [-0.05, 0) is 43.5 Å². The third kappa shape index (κ3) is 3.37. The van der Waals surface area contributed by atoms with Gasteiger partial charge >= 0.3 is 0 Å². The predicted octanol–water partition coefficient (Wildman–Crippen LogP) is 3.20. The van der Waals surface area contributed by atoms with E-state index in [0.717, 1.165) is 24.5 Å². The standard InChI is InChI=1S/C15H18ClN3/c16-13-3-1-12(2-4-13)7-8-17-9-15-10-18-11-19(15)14-5-6-14/h1-4,10-11,14,17H,5-9H2. The van der Waals surface area contributed by atoms with Crippen LogP contribution in [0, 0.1) is 0 Å². The van der Waals surface area contributed by atoms with Crippen molar-refractivity contribution in [3.63, 3.8) is 0 Å². The van der Waals surface area contributed by atoms with Crippen LogP contribution in [0.4, 0.5) is 0 Å². The van der Waals surface area contributed by atoms with Gasteiger partial charge < -0.3 is 9.88 Å². The van der Waals surface area contributed by atoms with Crippen LogP contribution in [0.3, 0.4) is 0 Å². The lowest BCUT2D eigenvalue weighted by molar-refractivity contribution is 0.620. The van der Waals surface area contributed by atoms with Crippen LogP contribution in [0.1, 0.15) is 30.1 Å². The van der Waals surface area contributed by atoms with E-state index in [2.05, 4.69) is 27.0 Å². The number of rotatable bonds is 6. The molecule has 1 aliphatic carbocycles. The molecule has 0 saturated heterocycles. The van der Waals surface area contributed by atoms with Crippen LogP contribution >= 0.6 is 11.6 Å². The number of nitrogens with zero attached hydrogens (tertiary/aromatic N) is 2. The zero-order valence-corrected chi connectivity index (χ0v) is 11.6. The molecule has 4 heteroatoms. The molecule has 0 spiro atoms. The monoisotopic (exact) mass is 275 g/mol. The summed E-state index contributed by atoms with van der Waals surface area (Å²) in [4.78, 5) is 4.24. The van der Waals surface area contributed by atoms with E-state index in [0.29, 0.717) is 6.04 Å². The van der Waals surface area contributed by atoms with E-state index in [1.165, 1.54) is 24.1 Å². The minimum absolute atomic E-state index is 0.704. The van der Waals surface area contributed by atoms with Crippen molar-refractivity contribution in [3.8, 4) is 0 Å². The van der Waals surface area contributed by atoms with Gasteiger partial charge in [0.2, 0.25) is 0 Å². The first-order valence-electron chi connectivity index (χ1n) is 6.79. The molecule has 0 atom stereocenters. The number of benzene rings is 1. The molecule has 0 aliphatic heterocycles. The van der Waals surface area contributed by atoms with E-state index < -0.39 is 0 Å². The summed E-state index contributed by atoms with van der Waals surface area (Å²) in [5.41, 5.74) is 2.60. The Bertz CT molecular complexity index is 529. The summed E-state index contributed by atoms with van der Waals surface area (Å²) in [6.07, 6.45) is 7.54. The Morgan fingerprint density at radius 2 is 2.05 bits per heavy atom. The van der Waals surface area contributed by atoms with Crippen molar-refractivity contribution in [2.75, 3.05) is 6.54 Å². The third-order valence-corrected chi connectivity index (χ3v) is 3.75. The fourth-order valence-electron chi connectivity index (χ4n) is 2.25. The predicted molar refractivity (Wildman–Crippen MR) is 77.4 cm³/mol. The highest BCUT2D eigenvalue weighted by Gasteiger charge is 2.24. The smallest absolute Gasteiger partial charge is 0.0951 e. The molecule has 0 amide bonds. The SMILES string of the molecule is Clc1ccc(CCNCc2cncn2C2CC2)cc1. The molecule has 1 N–H and O–H groups in total. The minimum atomic E-state index is 0.704. The maximum Gasteiger partial charge on any atom is 0.0951 e. The van der Waals surface area contributed by atoms with Crippen LogP contribution in [0.5, 0.6) is 0 Å². The third-order valence-electron chi connectivity index (χ3n) is 3.50. The van der Waals surface area contributed by atoms with Crippen LogP contribution in [-0.2, 0) is 13.0 Å². The van der Waals surface area contributed by atoms with Gasteiger partial charge in [0, 0.05) is 23.8 Å². The first-order valence-corrected chi connectivity index (χ1v) is 7.16. The van der Waals surface area contributed by atoms with E-state index in [4.69, 9.17) is 11.6 Å². The van der Waals surface area contributed by atoms with Crippen molar-refractivity contribution in [1.82, 2.24) is 14.9 Å². The molecule has 100 valence electrons. The Morgan fingerprint density at radius 3 is 2.79 bits per heavy atom. The summed E-state index contributed by atoms with van der Waals surface area (Å²) in [7, 11) is 0. The molecule has 0 bridgehead atoms. The molecule has 1 saturated carbocycles. The van der Waals surface area contributed by atoms with Crippen LogP contribution in [0.25, 0.3) is 0 Å². The zero-order chi connectivity index (χ0) is 13.1. The molecule has 1 fully saturated rings. The lowest BCUT2D eigenvalue weighted by Crippen LogP contribution is -2.18. The number of halogens is 1. The summed E-state index contributed by atoms with van der Waals surface area (Å²) in [6.45, 7) is 1.86. The van der Waals surface area contributed by atoms with Crippen LogP contribution in [0.2, 0.25) is 5.02 Å². The number of imidazole rings is 1. The molecule has 1 heterocycles. The van der Waals surface area contributed by atoms with E-state index in [1.54, 1.807) is 0 Å². The van der Waals surface area contributed by atoms with Crippen molar-refractivity contribution in [2.45, 2.75) is 31.8 Å². The van der Waals surface area contributed by atoms with Crippen molar-refractivity contribution in [1.29, 1.82) is 0 Å². The Balaban J connectivity index is 1.45. The van der Waals surface area contributed by atoms with Gasteiger partial charge in [-0.2, -0.15) is 0 Å². The second kappa shape index (κ2) is 5.76. The van der Waals surface area contributed by atoms with Crippen molar-refractivity contribution in [3.05, 3.63) is 53.1 Å². The number of nitrogens with one attached hydrogen (secondary N) is 1. The maximum atomic E-state index is 5.87. The highest BCUT2D eigenvalue weighted by molar-refractivity contribution is 6.30. The Kier molecular flexibility index (Phi) is 3.85. The molecular formula is C15H18ClN3. The quantitative estimate of drug-likeness (QED) is 0.821. The van der Waals surface area contributed by atoms with Gasteiger partial charge in [0.05, 0.1) is 12.0 Å². The minimum Gasteiger partial charge on any atom is -0.330 e. The van der Waals surface area contributed by atoms with Crippen molar-refractivity contribution < 1.29 is 0 Å². The number of hydrogen-bond donors (Lipinski definition) is 1. The van der Waals surface area contributed by atoms with Crippen LogP contribution < -0.4 is 5.32 Å². The Labute approximate surface area is 118 Å². The van der Waals surface area contributed by atoms with Gasteiger partial charge in [-0.15, -0.1) is 0 Å². The first kappa shape index (κ1) is 12.7. The fourth-order valence-corrected chi connectivity index (χ4v) is 2.38. The zero-order valence-electron chi connectivity index (χ0n) is 10.8. The highest BCUT2D eigenvalue weighted by atomic mass is 35.5. The summed E-state index contributed by atoms with van der Waals surface area (Å²) in [6, 6.07) is 8.75. The van der Waals surface area contributed by atoms with E-state index in [1.807, 2.05) is 24.7 Å². The molecule has 0 radical (unpaired) electrons. The molecular weight excluding hydrogens is 258 g/mol. The van der Waals surface area contributed by atoms with Gasteiger partial charge in [-0.25, -0.2) is 4.98 Å². The second-order valence-electron chi connectivity index (χ2n) is 5.08. The van der Waals surface area contributed by atoms with Crippen molar-refractivity contribution in [2.24, 2.45) is 0 Å². The topological polar surface area (TPSA) is 29.9 Å². The highest BCUT2D eigenvalue weighted by Crippen LogP contribution is 2.35. The largest absolute Gasteiger partial charge is 0.330 e. The molecule has 3 rings (SSSR count). The van der Waals surface area contributed by atoms with Crippen molar-refractivity contribution >= 4 is 11.6 Å². The van der Waals surface area contributed by atoms with Gasteiger partial charge in [0.15, 0.2) is 0 Å². The Morgan fingerprint density at radius 1 is 1.26 bits per heavy atom. The molecule has 1 aromatic heterocycles. The first-order chi connectivity index (χ1) is 9.33. The summed E-state index contributed by atoms with van der Waals surface area (Å²) < 4.78 is 2.30. The lowest BCUT2D eigenvalue weighted by Gasteiger charge is -2.08. The molecule has 1 aliphatic rings. The summed E-state index contributed by atoms with van der Waals surface area (Å²) in [5.74, 6) is 0. The lowest BCUT2D eigenvalue weighted by atomic mass is 10.1. The van der Waals surface area contributed by atoms with E-state index in [-0.39, 0.29) is 0 Å². The summed E-state index contributed by atoms with van der Waals surface area (Å²) in [5, 5.41) is 4.28. The Hall–Kier alpha value is -1.32. The average Bonchev–Trinajstić information content (AvgIpc) is 3.16. The van der Waals surface area contributed by atoms with Gasteiger partial charge in [-0.3, -0.25) is 0 Å². The number of hydrogen-bond acceptors (Lipinski definition) is 2. The van der Waals surface area contributed by atoms with E-state index >= 15 is 0 Å². The molecule has 3 nitrogen and oxygen atoms in total. The molecule has 1 aromatic carbocycles. The number of aromatic nitrogens is 2. The maximum absolute atomic E-state index is 5.87. The molecule has 0 unspecified atom stereocenters. The fraction of sp³-hybridized carbons (Fsp3) is 0.400. The normalized spacial score (nSPS) is 14.8. The molecule has 2 aromatic rings.